The summed E-state index contributed by atoms with van der Waals surface area (Å²) in [4.78, 5) is 27.8. The van der Waals surface area contributed by atoms with Gasteiger partial charge in [0, 0.05) is 28.4 Å². The molecule has 0 bridgehead atoms. The summed E-state index contributed by atoms with van der Waals surface area (Å²) in [5.41, 5.74) is 1.15. The van der Waals surface area contributed by atoms with Gasteiger partial charge >= 0.3 is 5.63 Å². The van der Waals surface area contributed by atoms with E-state index in [4.69, 9.17) is 20.8 Å². The number of unbranched alkanes of at least 4 members (excludes halogenated alkanes) is 4. The lowest BCUT2D eigenvalue weighted by Crippen LogP contribution is -2.04. The van der Waals surface area contributed by atoms with Crippen LogP contribution in [0.4, 0.5) is 0 Å². The average molecular weight is 458 g/mol. The van der Waals surface area contributed by atoms with Crippen molar-refractivity contribution in [2.45, 2.75) is 32.1 Å². The van der Waals surface area contributed by atoms with Crippen molar-refractivity contribution >= 4 is 39.4 Å². The second kappa shape index (κ2) is 11.7. The van der Waals surface area contributed by atoms with Crippen molar-refractivity contribution in [2.24, 2.45) is 0 Å². The predicted molar refractivity (Wildman–Crippen MR) is 127 cm³/mol. The van der Waals surface area contributed by atoms with Crippen LogP contribution in [0.15, 0.2) is 64.5 Å². The average Bonchev–Trinajstić information content (AvgIpc) is 2.77. The van der Waals surface area contributed by atoms with Gasteiger partial charge in [-0.3, -0.25) is 4.79 Å². The third kappa shape index (κ3) is 6.97. The second-order valence-electron chi connectivity index (χ2n) is 7.01. The quantitative estimate of drug-likeness (QED) is 0.249. The SMILES string of the molecule is C=CC(=O)SCCCCCCCOc1cc2oc(=O)c(-c3cccc(Cl)c3)cc2cn1. The number of benzene rings is 1. The molecule has 0 unspecified atom stereocenters. The number of carbonyl (C=O) groups excluding carboxylic acids is 1. The zero-order valence-electron chi connectivity index (χ0n) is 17.1. The standard InChI is InChI=1S/C24H24ClNO4S/c1-2-23(27)31-12-7-5-3-4-6-11-29-22-15-21-18(16-26-22)14-20(24(28)30-21)17-9-8-10-19(25)13-17/h2,8-10,13-16H,1,3-7,11-12H2. The Morgan fingerprint density at radius 3 is 2.77 bits per heavy atom. The first-order valence-corrected chi connectivity index (χ1v) is 11.5. The molecule has 0 saturated heterocycles. The van der Waals surface area contributed by atoms with Gasteiger partial charge in [0.05, 0.1) is 12.2 Å². The van der Waals surface area contributed by atoms with Gasteiger partial charge in [0.1, 0.15) is 5.58 Å². The number of rotatable bonds is 11. The highest BCUT2D eigenvalue weighted by molar-refractivity contribution is 8.14. The summed E-state index contributed by atoms with van der Waals surface area (Å²) >= 11 is 7.34. The van der Waals surface area contributed by atoms with Gasteiger partial charge < -0.3 is 9.15 Å². The summed E-state index contributed by atoms with van der Waals surface area (Å²) in [6.45, 7) is 4.01. The minimum Gasteiger partial charge on any atom is -0.478 e. The van der Waals surface area contributed by atoms with Crippen LogP contribution in [0.1, 0.15) is 32.1 Å². The molecule has 3 rings (SSSR count). The highest BCUT2D eigenvalue weighted by atomic mass is 35.5. The molecule has 0 saturated carbocycles. The maximum atomic E-state index is 12.4. The van der Waals surface area contributed by atoms with Gasteiger partial charge in [-0.25, -0.2) is 9.78 Å². The molecule has 0 aliphatic carbocycles. The Kier molecular flexibility index (Phi) is 8.74. The monoisotopic (exact) mass is 457 g/mol. The van der Waals surface area contributed by atoms with Gasteiger partial charge in [-0.2, -0.15) is 0 Å². The molecule has 7 heteroatoms. The van der Waals surface area contributed by atoms with Gasteiger partial charge in [-0.05, 0) is 42.7 Å². The van der Waals surface area contributed by atoms with Crippen molar-refractivity contribution in [1.29, 1.82) is 0 Å². The highest BCUT2D eigenvalue weighted by Crippen LogP contribution is 2.24. The molecule has 3 aromatic rings. The maximum absolute atomic E-state index is 12.4. The number of thioether (sulfide) groups is 1. The van der Waals surface area contributed by atoms with Crippen molar-refractivity contribution in [2.75, 3.05) is 12.4 Å². The van der Waals surface area contributed by atoms with E-state index in [1.165, 1.54) is 17.8 Å². The number of nitrogens with zero attached hydrogens (tertiary/aromatic N) is 1. The number of ether oxygens (including phenoxy) is 1. The van der Waals surface area contributed by atoms with E-state index in [0.717, 1.165) is 43.2 Å². The highest BCUT2D eigenvalue weighted by Gasteiger charge is 2.10. The van der Waals surface area contributed by atoms with Crippen LogP contribution >= 0.6 is 23.4 Å². The molecule has 0 atom stereocenters. The fourth-order valence-electron chi connectivity index (χ4n) is 3.07. The summed E-state index contributed by atoms with van der Waals surface area (Å²) < 4.78 is 11.2. The van der Waals surface area contributed by atoms with Crippen LogP contribution in [-0.4, -0.2) is 22.5 Å². The topological polar surface area (TPSA) is 69.4 Å². The zero-order chi connectivity index (χ0) is 22.1. The molecule has 0 fully saturated rings. The number of pyridine rings is 1. The number of halogens is 1. The normalized spacial score (nSPS) is 10.9. The van der Waals surface area contributed by atoms with E-state index in [2.05, 4.69) is 11.6 Å². The van der Waals surface area contributed by atoms with E-state index >= 15 is 0 Å². The molecular weight excluding hydrogens is 434 g/mol. The van der Waals surface area contributed by atoms with E-state index in [-0.39, 0.29) is 5.12 Å². The van der Waals surface area contributed by atoms with Gasteiger partial charge in [-0.15, -0.1) is 0 Å². The lowest BCUT2D eigenvalue weighted by molar-refractivity contribution is -0.107. The second-order valence-corrected chi connectivity index (χ2v) is 8.54. The molecule has 2 heterocycles. The molecule has 0 spiro atoms. The molecule has 162 valence electrons. The van der Waals surface area contributed by atoms with E-state index in [1.54, 1.807) is 36.5 Å². The lowest BCUT2D eigenvalue weighted by atomic mass is 10.1. The summed E-state index contributed by atoms with van der Waals surface area (Å²) in [6, 6.07) is 10.5. The first-order chi connectivity index (χ1) is 15.1. The molecule has 0 N–H and O–H groups in total. The fourth-order valence-corrected chi connectivity index (χ4v) is 3.93. The molecule has 31 heavy (non-hydrogen) atoms. The van der Waals surface area contributed by atoms with E-state index < -0.39 is 5.63 Å². The summed E-state index contributed by atoms with van der Waals surface area (Å²) in [5.74, 6) is 1.28. The van der Waals surface area contributed by atoms with Crippen molar-refractivity contribution in [3.8, 4) is 17.0 Å². The maximum Gasteiger partial charge on any atom is 0.344 e. The molecule has 0 amide bonds. The molecule has 0 aliphatic heterocycles. The Bertz CT molecular complexity index is 1110. The van der Waals surface area contributed by atoms with Crippen LogP contribution in [0.5, 0.6) is 5.88 Å². The van der Waals surface area contributed by atoms with Crippen molar-refractivity contribution < 1.29 is 13.9 Å². The lowest BCUT2D eigenvalue weighted by Gasteiger charge is -2.07. The number of fused-ring (bicyclic) bond motifs is 1. The number of aromatic nitrogens is 1. The first kappa shape index (κ1) is 23.1. The van der Waals surface area contributed by atoms with Crippen molar-refractivity contribution in [1.82, 2.24) is 4.98 Å². The van der Waals surface area contributed by atoms with Crippen LogP contribution in [0, 0.1) is 0 Å². The summed E-state index contributed by atoms with van der Waals surface area (Å²) in [7, 11) is 0. The van der Waals surface area contributed by atoms with E-state index in [0.29, 0.717) is 34.2 Å². The Labute approximate surface area is 190 Å². The van der Waals surface area contributed by atoms with E-state index in [1.807, 2.05) is 6.07 Å². The summed E-state index contributed by atoms with van der Waals surface area (Å²) in [5, 5.41) is 1.31. The zero-order valence-corrected chi connectivity index (χ0v) is 18.7. The molecule has 0 radical (unpaired) electrons. The largest absolute Gasteiger partial charge is 0.478 e. The van der Waals surface area contributed by atoms with Crippen LogP contribution in [-0.2, 0) is 4.79 Å². The Morgan fingerprint density at radius 1 is 1.16 bits per heavy atom. The Balaban J connectivity index is 1.48. The molecular formula is C24H24ClNO4S. The van der Waals surface area contributed by atoms with E-state index in [9.17, 15) is 9.59 Å². The first-order valence-electron chi connectivity index (χ1n) is 10.2. The van der Waals surface area contributed by atoms with Crippen LogP contribution in [0.3, 0.4) is 0 Å². The predicted octanol–water partition coefficient (Wildman–Crippen LogP) is 6.28. The molecule has 1 aromatic carbocycles. The Hall–Kier alpha value is -2.57. The van der Waals surface area contributed by atoms with Crippen LogP contribution in [0.2, 0.25) is 5.02 Å². The minimum absolute atomic E-state index is 0.0350. The number of carbonyl (C=O) groups is 1. The fraction of sp³-hybridized carbons (Fsp3) is 0.292. The molecule has 2 aromatic heterocycles. The Morgan fingerprint density at radius 2 is 1.97 bits per heavy atom. The third-order valence-electron chi connectivity index (χ3n) is 4.68. The van der Waals surface area contributed by atoms with Crippen molar-refractivity contribution in [3.63, 3.8) is 0 Å². The van der Waals surface area contributed by atoms with Gasteiger partial charge in [0.15, 0.2) is 0 Å². The van der Waals surface area contributed by atoms with Gasteiger partial charge in [0.25, 0.3) is 0 Å². The molecule has 0 aliphatic rings. The van der Waals surface area contributed by atoms with Crippen molar-refractivity contribution in [3.05, 3.63) is 70.7 Å². The molecule has 5 nitrogen and oxygen atoms in total. The summed E-state index contributed by atoms with van der Waals surface area (Å²) in [6.07, 6.45) is 8.16. The number of hydrogen-bond donors (Lipinski definition) is 0. The smallest absolute Gasteiger partial charge is 0.344 e. The third-order valence-corrected chi connectivity index (χ3v) is 5.86. The van der Waals surface area contributed by atoms with Crippen LogP contribution in [0.25, 0.3) is 22.1 Å². The van der Waals surface area contributed by atoms with Gasteiger partial charge in [0.2, 0.25) is 11.0 Å². The number of hydrogen-bond acceptors (Lipinski definition) is 6. The van der Waals surface area contributed by atoms with Crippen LogP contribution < -0.4 is 10.4 Å². The minimum atomic E-state index is -0.431. The van der Waals surface area contributed by atoms with Gasteiger partial charge in [-0.1, -0.05) is 61.3 Å².